The molecule has 1 aromatic rings. The highest BCUT2D eigenvalue weighted by Crippen LogP contribution is 2.16. The van der Waals surface area contributed by atoms with Gasteiger partial charge in [0.2, 0.25) is 0 Å². The lowest BCUT2D eigenvalue weighted by molar-refractivity contribution is -0.150. The van der Waals surface area contributed by atoms with Crippen molar-refractivity contribution >= 4 is 17.3 Å². The predicted molar refractivity (Wildman–Crippen MR) is 68.8 cm³/mol. The molecule has 100 valence electrons. The van der Waals surface area contributed by atoms with E-state index in [0.717, 1.165) is 23.5 Å². The summed E-state index contributed by atoms with van der Waals surface area (Å²) in [6.07, 6.45) is 2.08. The van der Waals surface area contributed by atoms with Gasteiger partial charge in [-0.05, 0) is 12.8 Å². The van der Waals surface area contributed by atoms with E-state index in [1.165, 1.54) is 0 Å². The molecule has 1 aliphatic heterocycles. The van der Waals surface area contributed by atoms with E-state index in [2.05, 4.69) is 11.9 Å². The van der Waals surface area contributed by atoms with Crippen molar-refractivity contribution in [2.24, 2.45) is 0 Å². The van der Waals surface area contributed by atoms with Crippen LogP contribution in [0.3, 0.4) is 0 Å². The molecule has 2 rings (SSSR count). The number of morpholine rings is 1. The van der Waals surface area contributed by atoms with Crippen LogP contribution in [0.4, 0.5) is 0 Å². The molecule has 6 heteroatoms. The second-order valence-electron chi connectivity index (χ2n) is 4.38. The van der Waals surface area contributed by atoms with E-state index >= 15 is 0 Å². The van der Waals surface area contributed by atoms with Crippen molar-refractivity contribution in [1.29, 1.82) is 0 Å². The number of aliphatic carboxylic acids is 1. The summed E-state index contributed by atoms with van der Waals surface area (Å²) in [5, 5.41) is 12.3. The van der Waals surface area contributed by atoms with Gasteiger partial charge in [0.25, 0.3) is 0 Å². The van der Waals surface area contributed by atoms with E-state index in [4.69, 9.17) is 9.84 Å². The monoisotopic (exact) mass is 270 g/mol. The summed E-state index contributed by atoms with van der Waals surface area (Å²) < 4.78 is 5.21. The highest BCUT2D eigenvalue weighted by atomic mass is 32.1. The zero-order chi connectivity index (χ0) is 13.0. The SMILES string of the molecule is CCCc1nc(CN2CCOCC2C(=O)O)cs1. The molecule has 0 aliphatic carbocycles. The predicted octanol–water partition coefficient (Wildman–Crippen LogP) is 1.38. The number of thiazole rings is 1. The maximum absolute atomic E-state index is 11.1. The van der Waals surface area contributed by atoms with E-state index in [0.29, 0.717) is 19.7 Å². The molecule has 0 spiro atoms. The third-order valence-electron chi connectivity index (χ3n) is 2.95. The highest BCUT2D eigenvalue weighted by Gasteiger charge is 2.29. The smallest absolute Gasteiger partial charge is 0.323 e. The Kier molecular flexibility index (Phi) is 4.68. The topological polar surface area (TPSA) is 62.7 Å². The van der Waals surface area contributed by atoms with E-state index in [1.807, 2.05) is 10.3 Å². The molecule has 1 unspecified atom stereocenters. The first-order valence-electron chi connectivity index (χ1n) is 6.18. The van der Waals surface area contributed by atoms with Crippen molar-refractivity contribution in [2.75, 3.05) is 19.8 Å². The molecule has 1 fully saturated rings. The molecule has 0 saturated carbocycles. The number of carboxylic acids is 1. The Morgan fingerprint density at radius 1 is 1.72 bits per heavy atom. The van der Waals surface area contributed by atoms with E-state index in [-0.39, 0.29) is 6.61 Å². The molecule has 1 N–H and O–H groups in total. The minimum atomic E-state index is -0.821. The summed E-state index contributed by atoms with van der Waals surface area (Å²) in [5.41, 5.74) is 0.969. The molecular weight excluding hydrogens is 252 g/mol. The van der Waals surface area contributed by atoms with Crippen LogP contribution in [0.2, 0.25) is 0 Å². The molecular formula is C12H18N2O3S. The van der Waals surface area contributed by atoms with E-state index < -0.39 is 12.0 Å². The molecule has 18 heavy (non-hydrogen) atoms. The van der Waals surface area contributed by atoms with Crippen LogP contribution in [0.25, 0.3) is 0 Å². The van der Waals surface area contributed by atoms with Crippen molar-refractivity contribution < 1.29 is 14.6 Å². The average Bonchev–Trinajstić information content (AvgIpc) is 2.77. The first kappa shape index (κ1) is 13.5. The van der Waals surface area contributed by atoms with Gasteiger partial charge in [-0.2, -0.15) is 0 Å². The summed E-state index contributed by atoms with van der Waals surface area (Å²) in [6, 6.07) is -0.546. The van der Waals surface area contributed by atoms with Gasteiger partial charge < -0.3 is 9.84 Å². The van der Waals surface area contributed by atoms with Gasteiger partial charge in [-0.3, -0.25) is 9.69 Å². The minimum absolute atomic E-state index is 0.265. The first-order valence-corrected chi connectivity index (χ1v) is 7.06. The quantitative estimate of drug-likeness (QED) is 0.876. The van der Waals surface area contributed by atoms with Gasteiger partial charge in [-0.25, -0.2) is 4.98 Å². The van der Waals surface area contributed by atoms with Crippen LogP contribution >= 0.6 is 11.3 Å². The van der Waals surface area contributed by atoms with E-state index in [9.17, 15) is 4.79 Å². The van der Waals surface area contributed by atoms with Crippen LogP contribution < -0.4 is 0 Å². The number of aromatic nitrogens is 1. The Balaban J connectivity index is 1.99. The third kappa shape index (κ3) is 3.28. The fraction of sp³-hybridized carbons (Fsp3) is 0.667. The van der Waals surface area contributed by atoms with Gasteiger partial charge >= 0.3 is 5.97 Å². The maximum atomic E-state index is 11.1. The number of nitrogens with zero attached hydrogens (tertiary/aromatic N) is 2. The second-order valence-corrected chi connectivity index (χ2v) is 5.32. The normalized spacial score (nSPS) is 21.1. The van der Waals surface area contributed by atoms with Crippen LogP contribution in [0.5, 0.6) is 0 Å². The lowest BCUT2D eigenvalue weighted by Crippen LogP contribution is -2.49. The second kappa shape index (κ2) is 6.26. The lowest BCUT2D eigenvalue weighted by Gasteiger charge is -2.32. The van der Waals surface area contributed by atoms with Crippen LogP contribution in [0.15, 0.2) is 5.38 Å². The molecule has 1 aliphatic rings. The Hall–Kier alpha value is -0.980. The van der Waals surface area contributed by atoms with Crippen LogP contribution in [0, 0.1) is 0 Å². The molecule has 2 heterocycles. The number of ether oxygens (including phenoxy) is 1. The first-order chi connectivity index (χ1) is 8.70. The fourth-order valence-corrected chi connectivity index (χ4v) is 2.90. The Morgan fingerprint density at radius 2 is 2.56 bits per heavy atom. The molecule has 0 aromatic carbocycles. The van der Waals surface area contributed by atoms with Gasteiger partial charge in [-0.1, -0.05) is 6.92 Å². The molecule has 1 saturated heterocycles. The van der Waals surface area contributed by atoms with Crippen molar-refractivity contribution in [2.45, 2.75) is 32.4 Å². The molecule has 0 bridgehead atoms. The van der Waals surface area contributed by atoms with Gasteiger partial charge in [0.05, 0.1) is 23.9 Å². The standard InChI is InChI=1S/C12H18N2O3S/c1-2-3-11-13-9(8-18-11)6-14-4-5-17-7-10(14)12(15)16/h8,10H,2-7H2,1H3,(H,15,16). The van der Waals surface area contributed by atoms with Crippen molar-refractivity contribution in [3.63, 3.8) is 0 Å². The number of carboxylic acid groups (broad SMARTS) is 1. The highest BCUT2D eigenvalue weighted by molar-refractivity contribution is 7.09. The fourth-order valence-electron chi connectivity index (χ4n) is 2.01. The Bertz CT molecular complexity index is 408. The van der Waals surface area contributed by atoms with Gasteiger partial charge in [-0.15, -0.1) is 11.3 Å². The number of rotatable bonds is 5. The molecule has 0 amide bonds. The largest absolute Gasteiger partial charge is 0.480 e. The van der Waals surface area contributed by atoms with Crippen molar-refractivity contribution in [3.8, 4) is 0 Å². The molecule has 1 aromatic heterocycles. The zero-order valence-electron chi connectivity index (χ0n) is 10.5. The van der Waals surface area contributed by atoms with E-state index in [1.54, 1.807) is 11.3 Å². The lowest BCUT2D eigenvalue weighted by atomic mass is 10.2. The number of hydrogen-bond donors (Lipinski definition) is 1. The number of hydrogen-bond acceptors (Lipinski definition) is 5. The minimum Gasteiger partial charge on any atom is -0.480 e. The summed E-state index contributed by atoms with van der Waals surface area (Å²) >= 11 is 1.66. The number of aryl methyl sites for hydroxylation is 1. The molecule has 5 nitrogen and oxygen atoms in total. The summed E-state index contributed by atoms with van der Waals surface area (Å²) in [6.45, 7) is 4.23. The van der Waals surface area contributed by atoms with Crippen LogP contribution in [0.1, 0.15) is 24.0 Å². The maximum Gasteiger partial charge on any atom is 0.323 e. The van der Waals surface area contributed by atoms with Crippen molar-refractivity contribution in [1.82, 2.24) is 9.88 Å². The van der Waals surface area contributed by atoms with Gasteiger partial charge in [0, 0.05) is 18.5 Å². The van der Waals surface area contributed by atoms with Gasteiger partial charge in [0.1, 0.15) is 6.04 Å². The average molecular weight is 270 g/mol. The zero-order valence-corrected chi connectivity index (χ0v) is 11.3. The van der Waals surface area contributed by atoms with Crippen LogP contribution in [-0.2, 0) is 22.5 Å². The summed E-state index contributed by atoms with van der Waals surface area (Å²) in [7, 11) is 0. The molecule has 1 atom stereocenters. The third-order valence-corrected chi connectivity index (χ3v) is 3.91. The molecule has 0 radical (unpaired) electrons. The van der Waals surface area contributed by atoms with Crippen LogP contribution in [-0.4, -0.2) is 46.8 Å². The van der Waals surface area contributed by atoms with Crippen molar-refractivity contribution in [3.05, 3.63) is 16.1 Å². The number of carbonyl (C=O) groups is 1. The summed E-state index contributed by atoms with van der Waals surface area (Å²) in [5.74, 6) is -0.821. The Morgan fingerprint density at radius 3 is 3.28 bits per heavy atom. The summed E-state index contributed by atoms with van der Waals surface area (Å²) in [4.78, 5) is 17.6. The Labute approximate surface area is 110 Å². The van der Waals surface area contributed by atoms with Gasteiger partial charge in [0.15, 0.2) is 0 Å².